The Morgan fingerprint density at radius 2 is 2.09 bits per heavy atom. The van der Waals surface area contributed by atoms with Crippen molar-refractivity contribution >= 4 is 11.6 Å². The van der Waals surface area contributed by atoms with Gasteiger partial charge in [0.1, 0.15) is 0 Å². The molecule has 6 nitrogen and oxygen atoms in total. The second-order valence-corrected chi connectivity index (χ2v) is 6.18. The second kappa shape index (κ2) is 6.76. The number of nitrogens with two attached hydrogens (primary N) is 1. The quantitative estimate of drug-likeness (QED) is 0.920. The van der Waals surface area contributed by atoms with Gasteiger partial charge < -0.3 is 19.7 Å². The Kier molecular flexibility index (Phi) is 4.73. The fraction of sp³-hybridized carbons (Fsp3) is 0.500. The summed E-state index contributed by atoms with van der Waals surface area (Å²) in [5.41, 5.74) is 6.76. The fourth-order valence-corrected chi connectivity index (χ4v) is 3.31. The maximum Gasteiger partial charge on any atom is 0.230 e. The number of hydrogen-bond acceptors (Lipinski definition) is 6. The summed E-state index contributed by atoms with van der Waals surface area (Å²) in [6.07, 6.45) is 4.06. The van der Waals surface area contributed by atoms with Gasteiger partial charge in [-0.1, -0.05) is 23.2 Å². The standard InChI is InChI=1S/C16H20ClN3O3/c1-21-13-8-10(7-12(17)14(13)22-2)15-19-16(23-20-15)9-4-3-5-11(18)6-9/h7-9,11H,3-6,18H2,1-2H3. The van der Waals surface area contributed by atoms with Gasteiger partial charge in [-0.15, -0.1) is 0 Å². The number of nitrogens with zero attached hydrogens (tertiary/aromatic N) is 2. The molecule has 2 aromatic rings. The molecule has 1 saturated carbocycles. The third-order valence-corrected chi connectivity index (χ3v) is 4.48. The third-order valence-electron chi connectivity index (χ3n) is 4.20. The molecule has 2 atom stereocenters. The van der Waals surface area contributed by atoms with Gasteiger partial charge in [0, 0.05) is 17.5 Å². The van der Waals surface area contributed by atoms with Crippen LogP contribution >= 0.6 is 11.6 Å². The van der Waals surface area contributed by atoms with E-state index in [9.17, 15) is 0 Å². The van der Waals surface area contributed by atoms with Gasteiger partial charge in [-0.3, -0.25) is 0 Å². The highest BCUT2D eigenvalue weighted by Crippen LogP contribution is 2.39. The molecule has 124 valence electrons. The maximum atomic E-state index is 6.23. The number of halogens is 1. The van der Waals surface area contributed by atoms with Gasteiger partial charge in [0.05, 0.1) is 19.2 Å². The van der Waals surface area contributed by atoms with Crippen molar-refractivity contribution < 1.29 is 14.0 Å². The van der Waals surface area contributed by atoms with Crippen LogP contribution < -0.4 is 15.2 Å². The lowest BCUT2D eigenvalue weighted by Gasteiger charge is -2.23. The minimum Gasteiger partial charge on any atom is -0.493 e. The first-order valence-corrected chi connectivity index (χ1v) is 8.01. The molecule has 1 aromatic heterocycles. The molecule has 2 unspecified atom stereocenters. The first-order chi connectivity index (χ1) is 11.1. The van der Waals surface area contributed by atoms with Gasteiger partial charge in [0.25, 0.3) is 0 Å². The van der Waals surface area contributed by atoms with E-state index < -0.39 is 0 Å². The van der Waals surface area contributed by atoms with Crippen LogP contribution in [0, 0.1) is 0 Å². The van der Waals surface area contributed by atoms with Crippen LogP contribution in [0.25, 0.3) is 11.4 Å². The lowest BCUT2D eigenvalue weighted by molar-refractivity contribution is 0.299. The highest BCUT2D eigenvalue weighted by Gasteiger charge is 2.26. The van der Waals surface area contributed by atoms with Crippen LogP contribution in [0.15, 0.2) is 16.7 Å². The Morgan fingerprint density at radius 1 is 1.26 bits per heavy atom. The first-order valence-electron chi connectivity index (χ1n) is 7.63. The molecule has 0 bridgehead atoms. The monoisotopic (exact) mass is 337 g/mol. The van der Waals surface area contributed by atoms with E-state index in [2.05, 4.69) is 10.1 Å². The highest BCUT2D eigenvalue weighted by molar-refractivity contribution is 6.32. The predicted octanol–water partition coefficient (Wildman–Crippen LogP) is 3.39. The van der Waals surface area contributed by atoms with Crippen LogP contribution in [0.5, 0.6) is 11.5 Å². The molecule has 0 spiro atoms. The molecule has 0 saturated heterocycles. The van der Waals surface area contributed by atoms with Crippen molar-refractivity contribution in [3.8, 4) is 22.9 Å². The van der Waals surface area contributed by atoms with Crippen molar-refractivity contribution in [2.24, 2.45) is 5.73 Å². The van der Waals surface area contributed by atoms with Crippen LogP contribution in [-0.2, 0) is 0 Å². The molecule has 1 aliphatic carbocycles. The summed E-state index contributed by atoms with van der Waals surface area (Å²) in [4.78, 5) is 4.52. The first kappa shape index (κ1) is 16.1. The molecule has 1 aliphatic rings. The summed E-state index contributed by atoms with van der Waals surface area (Å²) in [7, 11) is 3.10. The highest BCUT2D eigenvalue weighted by atomic mass is 35.5. The SMILES string of the molecule is COc1cc(-c2noc(C3CCCC(N)C3)n2)cc(Cl)c1OC. The van der Waals surface area contributed by atoms with Crippen molar-refractivity contribution in [1.82, 2.24) is 10.1 Å². The average Bonchev–Trinajstić information content (AvgIpc) is 3.04. The predicted molar refractivity (Wildman–Crippen MR) is 87.0 cm³/mol. The van der Waals surface area contributed by atoms with Gasteiger partial charge >= 0.3 is 0 Å². The van der Waals surface area contributed by atoms with E-state index in [0.717, 1.165) is 31.2 Å². The lowest BCUT2D eigenvalue weighted by Crippen LogP contribution is -2.26. The van der Waals surface area contributed by atoms with Crippen LogP contribution in [0.3, 0.4) is 0 Å². The van der Waals surface area contributed by atoms with Crippen LogP contribution in [-0.4, -0.2) is 30.4 Å². The zero-order valence-corrected chi connectivity index (χ0v) is 14.0. The van der Waals surface area contributed by atoms with Gasteiger partial charge in [0.2, 0.25) is 11.7 Å². The van der Waals surface area contributed by atoms with Crippen molar-refractivity contribution in [3.05, 3.63) is 23.0 Å². The largest absolute Gasteiger partial charge is 0.493 e. The topological polar surface area (TPSA) is 83.4 Å². The van der Waals surface area contributed by atoms with Crippen molar-refractivity contribution in [2.45, 2.75) is 37.6 Å². The second-order valence-electron chi connectivity index (χ2n) is 5.77. The van der Waals surface area contributed by atoms with Crippen molar-refractivity contribution in [1.29, 1.82) is 0 Å². The molecule has 0 amide bonds. The van der Waals surface area contributed by atoms with Crippen LogP contribution in [0.1, 0.15) is 37.5 Å². The Morgan fingerprint density at radius 3 is 2.78 bits per heavy atom. The molecule has 1 fully saturated rings. The molecule has 1 aromatic carbocycles. The number of rotatable bonds is 4. The van der Waals surface area contributed by atoms with Gasteiger partial charge in [0.15, 0.2) is 11.5 Å². The molecular weight excluding hydrogens is 318 g/mol. The van der Waals surface area contributed by atoms with Crippen LogP contribution in [0.2, 0.25) is 5.02 Å². The van der Waals surface area contributed by atoms with E-state index >= 15 is 0 Å². The van der Waals surface area contributed by atoms with Gasteiger partial charge in [-0.05, 0) is 31.4 Å². The normalized spacial score (nSPS) is 21.2. The van der Waals surface area contributed by atoms with Crippen LogP contribution in [0.4, 0.5) is 0 Å². The average molecular weight is 338 g/mol. The van der Waals surface area contributed by atoms with E-state index in [1.807, 2.05) is 0 Å². The summed E-state index contributed by atoms with van der Waals surface area (Å²) in [5.74, 6) is 2.37. The number of benzene rings is 1. The number of aromatic nitrogens is 2. The third kappa shape index (κ3) is 3.28. The Labute approximate surface area is 139 Å². The summed E-state index contributed by atoms with van der Waals surface area (Å²) < 4.78 is 16.0. The van der Waals surface area contributed by atoms with E-state index in [4.69, 9.17) is 31.3 Å². The zero-order valence-electron chi connectivity index (χ0n) is 13.2. The molecule has 23 heavy (non-hydrogen) atoms. The molecule has 0 aliphatic heterocycles. The Bertz CT molecular complexity index is 689. The van der Waals surface area contributed by atoms with Gasteiger partial charge in [-0.25, -0.2) is 0 Å². The molecule has 7 heteroatoms. The van der Waals surface area contributed by atoms with E-state index in [1.54, 1.807) is 26.4 Å². The Balaban J connectivity index is 1.89. The molecular formula is C16H20ClN3O3. The summed E-state index contributed by atoms with van der Waals surface area (Å²) >= 11 is 6.23. The maximum absolute atomic E-state index is 6.23. The molecule has 0 radical (unpaired) electrons. The minimum absolute atomic E-state index is 0.208. The van der Waals surface area contributed by atoms with E-state index in [0.29, 0.717) is 28.2 Å². The number of hydrogen-bond donors (Lipinski definition) is 1. The lowest BCUT2D eigenvalue weighted by atomic mass is 9.86. The number of ether oxygens (including phenoxy) is 2. The van der Waals surface area contributed by atoms with E-state index in [1.165, 1.54) is 0 Å². The molecule has 3 rings (SSSR count). The van der Waals surface area contributed by atoms with Gasteiger partial charge in [-0.2, -0.15) is 4.98 Å². The summed E-state index contributed by atoms with van der Waals surface area (Å²) in [6, 6.07) is 3.73. The summed E-state index contributed by atoms with van der Waals surface area (Å²) in [6.45, 7) is 0. The molecule has 2 N–H and O–H groups in total. The number of methoxy groups -OCH3 is 2. The fourth-order valence-electron chi connectivity index (χ4n) is 3.02. The molecule has 1 heterocycles. The smallest absolute Gasteiger partial charge is 0.230 e. The zero-order chi connectivity index (χ0) is 16.4. The van der Waals surface area contributed by atoms with E-state index in [-0.39, 0.29) is 12.0 Å². The summed E-state index contributed by atoms with van der Waals surface area (Å²) in [5, 5.41) is 4.51. The minimum atomic E-state index is 0.208. The Hall–Kier alpha value is -1.79. The van der Waals surface area contributed by atoms with Crippen molar-refractivity contribution in [2.75, 3.05) is 14.2 Å². The van der Waals surface area contributed by atoms with Crippen molar-refractivity contribution in [3.63, 3.8) is 0 Å².